The first-order valence-electron chi connectivity index (χ1n) is 10.9. The van der Waals surface area contributed by atoms with E-state index in [1.165, 1.54) is 12.4 Å². The van der Waals surface area contributed by atoms with Gasteiger partial charge in [-0.1, -0.05) is 35.9 Å². The molecule has 1 amide bonds. The minimum absolute atomic E-state index is 0.295. The fraction of sp³-hybridized carbons (Fsp3) is 0.435. The quantitative estimate of drug-likeness (QED) is 0.679. The molecule has 2 aliphatic rings. The summed E-state index contributed by atoms with van der Waals surface area (Å²) in [7, 11) is 0. The average Bonchev–Trinajstić information content (AvgIpc) is 2.83. The Morgan fingerprint density at radius 3 is 2.34 bits per heavy atom. The van der Waals surface area contributed by atoms with E-state index in [0.29, 0.717) is 17.6 Å². The molecule has 3 heterocycles. The van der Waals surface area contributed by atoms with Gasteiger partial charge in [0.25, 0.3) is 5.91 Å². The van der Waals surface area contributed by atoms with E-state index in [0.717, 1.165) is 69.6 Å². The highest BCUT2D eigenvalue weighted by Crippen LogP contribution is 2.17. The van der Waals surface area contributed by atoms with Crippen molar-refractivity contribution in [3.05, 3.63) is 58.9 Å². The van der Waals surface area contributed by atoms with Gasteiger partial charge in [-0.3, -0.25) is 14.6 Å². The van der Waals surface area contributed by atoms with Gasteiger partial charge in [-0.05, 0) is 17.7 Å². The van der Waals surface area contributed by atoms with Gasteiger partial charge in [0.2, 0.25) is 5.95 Å². The van der Waals surface area contributed by atoms with Crippen molar-refractivity contribution in [3.63, 3.8) is 0 Å². The third-order valence-electron chi connectivity index (χ3n) is 5.92. The molecule has 1 atom stereocenters. The van der Waals surface area contributed by atoms with Crippen LogP contribution in [0, 0.1) is 0 Å². The third kappa shape index (κ3) is 6.04. The number of anilines is 1. The Morgan fingerprint density at radius 2 is 1.72 bits per heavy atom. The summed E-state index contributed by atoms with van der Waals surface area (Å²) in [6, 6.07) is 8.20. The van der Waals surface area contributed by atoms with Gasteiger partial charge in [0.1, 0.15) is 0 Å². The Balaban J connectivity index is 1.41. The number of benzene rings is 1. The number of carbonyl (C=O) groups excluding carboxylic acids is 1. The Morgan fingerprint density at radius 1 is 1.06 bits per heavy atom. The minimum Gasteiger partial charge on any atom is -0.379 e. The molecule has 170 valence electrons. The van der Waals surface area contributed by atoms with Crippen LogP contribution in [0.15, 0.2) is 42.7 Å². The van der Waals surface area contributed by atoms with Gasteiger partial charge >= 0.3 is 0 Å². The van der Waals surface area contributed by atoms with Crippen LogP contribution in [-0.4, -0.2) is 90.7 Å². The lowest BCUT2D eigenvalue weighted by molar-refractivity contribution is 0.0269. The van der Waals surface area contributed by atoms with Crippen molar-refractivity contribution in [2.24, 2.45) is 5.73 Å². The normalized spacial score (nSPS) is 19.3. The van der Waals surface area contributed by atoms with Crippen molar-refractivity contribution in [3.8, 4) is 0 Å². The molecular formula is C23H29ClN6O2. The molecule has 0 saturated carbocycles. The van der Waals surface area contributed by atoms with Crippen molar-refractivity contribution in [2.45, 2.75) is 6.04 Å². The van der Waals surface area contributed by atoms with Crippen LogP contribution >= 0.6 is 11.6 Å². The molecule has 9 heteroatoms. The first-order valence-corrected chi connectivity index (χ1v) is 11.3. The van der Waals surface area contributed by atoms with Crippen LogP contribution in [0.2, 0.25) is 5.02 Å². The van der Waals surface area contributed by atoms with E-state index in [9.17, 15) is 4.79 Å². The number of nitrogens with zero attached hydrogens (tertiary/aromatic N) is 5. The second-order valence-corrected chi connectivity index (χ2v) is 8.49. The molecule has 0 radical (unpaired) electrons. The Labute approximate surface area is 193 Å². The number of carbonyl (C=O) groups is 1. The first-order chi connectivity index (χ1) is 15.6. The zero-order valence-corrected chi connectivity index (χ0v) is 18.8. The van der Waals surface area contributed by atoms with Crippen molar-refractivity contribution in [2.75, 3.05) is 63.9 Å². The molecule has 2 fully saturated rings. The SMILES string of the molecule is NC(=O)c1cnc(N2CCN(C(/C=C/c3ccc(Cl)cc3)CN3CCOCC3)CC2)nc1. The number of hydrogen-bond acceptors (Lipinski definition) is 7. The molecule has 0 aliphatic carbocycles. The lowest BCUT2D eigenvalue weighted by atomic mass is 10.1. The highest BCUT2D eigenvalue weighted by molar-refractivity contribution is 6.30. The smallest absolute Gasteiger partial charge is 0.251 e. The van der Waals surface area contributed by atoms with Gasteiger partial charge in [-0.2, -0.15) is 0 Å². The van der Waals surface area contributed by atoms with Crippen LogP contribution in [0.3, 0.4) is 0 Å². The van der Waals surface area contributed by atoms with E-state index in [4.69, 9.17) is 22.1 Å². The second-order valence-electron chi connectivity index (χ2n) is 8.05. The van der Waals surface area contributed by atoms with E-state index >= 15 is 0 Å². The number of primary amides is 1. The minimum atomic E-state index is -0.514. The highest BCUT2D eigenvalue weighted by atomic mass is 35.5. The lowest BCUT2D eigenvalue weighted by Gasteiger charge is -2.40. The molecule has 32 heavy (non-hydrogen) atoms. The van der Waals surface area contributed by atoms with Crippen LogP contribution in [0.1, 0.15) is 15.9 Å². The molecule has 1 unspecified atom stereocenters. The summed E-state index contributed by atoms with van der Waals surface area (Å²) in [6.07, 6.45) is 7.46. The molecule has 2 aromatic rings. The van der Waals surface area contributed by atoms with Gasteiger partial charge in [-0.15, -0.1) is 0 Å². The summed E-state index contributed by atoms with van der Waals surface area (Å²) in [5.74, 6) is 0.121. The fourth-order valence-corrected chi connectivity index (χ4v) is 4.13. The van der Waals surface area contributed by atoms with Gasteiger partial charge < -0.3 is 15.4 Å². The van der Waals surface area contributed by atoms with E-state index in [1.807, 2.05) is 24.3 Å². The molecule has 1 aromatic heterocycles. The zero-order chi connectivity index (χ0) is 22.3. The van der Waals surface area contributed by atoms with Crippen molar-refractivity contribution in [1.82, 2.24) is 19.8 Å². The lowest BCUT2D eigenvalue weighted by Crippen LogP contribution is -2.54. The maximum atomic E-state index is 11.2. The van der Waals surface area contributed by atoms with Gasteiger partial charge in [0.05, 0.1) is 18.8 Å². The summed E-state index contributed by atoms with van der Waals surface area (Å²) >= 11 is 6.02. The zero-order valence-electron chi connectivity index (χ0n) is 18.1. The van der Waals surface area contributed by atoms with E-state index in [1.54, 1.807) is 0 Å². The summed E-state index contributed by atoms with van der Waals surface area (Å²) in [5.41, 5.74) is 6.75. The number of aromatic nitrogens is 2. The van der Waals surface area contributed by atoms with E-state index < -0.39 is 5.91 Å². The topological polar surface area (TPSA) is 87.8 Å². The largest absolute Gasteiger partial charge is 0.379 e. The average molecular weight is 457 g/mol. The molecule has 8 nitrogen and oxygen atoms in total. The fourth-order valence-electron chi connectivity index (χ4n) is 4.01. The van der Waals surface area contributed by atoms with Gasteiger partial charge in [0, 0.05) is 69.3 Å². The summed E-state index contributed by atoms with van der Waals surface area (Å²) in [5, 5.41) is 0.745. The number of hydrogen-bond donors (Lipinski definition) is 1. The molecule has 0 spiro atoms. The maximum absolute atomic E-state index is 11.2. The van der Waals surface area contributed by atoms with E-state index in [-0.39, 0.29) is 0 Å². The number of morpholine rings is 1. The maximum Gasteiger partial charge on any atom is 0.251 e. The molecule has 2 N–H and O–H groups in total. The number of piperazine rings is 1. The molecule has 2 aliphatic heterocycles. The number of nitrogens with two attached hydrogens (primary N) is 1. The van der Waals surface area contributed by atoms with Crippen LogP contribution in [0.25, 0.3) is 6.08 Å². The highest BCUT2D eigenvalue weighted by Gasteiger charge is 2.26. The Bertz CT molecular complexity index is 907. The Hall–Kier alpha value is -2.52. The predicted octanol–water partition coefficient (Wildman–Crippen LogP) is 1.77. The van der Waals surface area contributed by atoms with Crippen molar-refractivity contribution >= 4 is 29.5 Å². The standard InChI is InChI=1S/C23H29ClN6O2/c24-20-4-1-18(2-5-20)3-6-21(17-28-11-13-32-14-12-28)29-7-9-30(10-8-29)23-26-15-19(16-27-23)22(25)31/h1-6,15-16,21H,7-14,17H2,(H2,25,31)/b6-3+. The monoisotopic (exact) mass is 456 g/mol. The van der Waals surface area contributed by atoms with Gasteiger partial charge in [-0.25, -0.2) is 9.97 Å². The van der Waals surface area contributed by atoms with Gasteiger partial charge in [0.15, 0.2) is 0 Å². The van der Waals surface area contributed by atoms with E-state index in [2.05, 4.69) is 36.8 Å². The van der Waals surface area contributed by atoms with Crippen LogP contribution in [-0.2, 0) is 4.74 Å². The third-order valence-corrected chi connectivity index (χ3v) is 6.17. The van der Waals surface area contributed by atoms with Crippen molar-refractivity contribution < 1.29 is 9.53 Å². The summed E-state index contributed by atoms with van der Waals surface area (Å²) in [4.78, 5) is 27.0. The summed E-state index contributed by atoms with van der Waals surface area (Å²) < 4.78 is 5.52. The molecule has 0 bridgehead atoms. The molecule has 2 saturated heterocycles. The molecular weight excluding hydrogens is 428 g/mol. The number of amides is 1. The second kappa shape index (κ2) is 10.9. The molecule has 1 aromatic carbocycles. The van der Waals surface area contributed by atoms with Crippen LogP contribution < -0.4 is 10.6 Å². The number of rotatable bonds is 7. The first kappa shape index (κ1) is 22.7. The van der Waals surface area contributed by atoms with Crippen LogP contribution in [0.4, 0.5) is 5.95 Å². The van der Waals surface area contributed by atoms with Crippen LogP contribution in [0.5, 0.6) is 0 Å². The molecule has 4 rings (SSSR count). The predicted molar refractivity (Wildman–Crippen MR) is 126 cm³/mol. The summed E-state index contributed by atoms with van der Waals surface area (Å²) in [6.45, 7) is 7.93. The Kier molecular flexibility index (Phi) is 7.70. The number of ether oxygens (including phenoxy) is 1. The number of halogens is 1. The van der Waals surface area contributed by atoms with Crippen molar-refractivity contribution in [1.29, 1.82) is 0 Å².